The Bertz CT molecular complexity index is 656. The van der Waals surface area contributed by atoms with Gasteiger partial charge in [-0.2, -0.15) is 0 Å². The molecule has 134 valence electrons. The second kappa shape index (κ2) is 9.72. The number of benzene rings is 2. The Kier molecular flexibility index (Phi) is 7.33. The molecule has 1 atom stereocenters. The van der Waals surface area contributed by atoms with Crippen molar-refractivity contribution in [2.24, 2.45) is 5.92 Å². The molecule has 2 aromatic carbocycles. The third-order valence-corrected chi connectivity index (χ3v) is 3.82. The lowest BCUT2D eigenvalue weighted by Crippen LogP contribution is -2.33. The molecular formula is C21H28N2O2. The zero-order valence-corrected chi connectivity index (χ0v) is 15.3. The van der Waals surface area contributed by atoms with Crippen LogP contribution >= 0.6 is 0 Å². The maximum absolute atomic E-state index is 12.3. The number of rotatable bonds is 9. The van der Waals surface area contributed by atoms with Crippen LogP contribution in [-0.2, 0) is 4.79 Å². The van der Waals surface area contributed by atoms with E-state index in [0.29, 0.717) is 12.5 Å². The van der Waals surface area contributed by atoms with Crippen LogP contribution in [0.25, 0.3) is 0 Å². The van der Waals surface area contributed by atoms with Gasteiger partial charge in [-0.15, -0.1) is 0 Å². The minimum atomic E-state index is -0.0239. The zero-order chi connectivity index (χ0) is 18.1. The van der Waals surface area contributed by atoms with Crippen molar-refractivity contribution in [2.75, 3.05) is 18.5 Å². The van der Waals surface area contributed by atoms with Gasteiger partial charge in [0.05, 0.1) is 19.2 Å². The Morgan fingerprint density at radius 1 is 1.08 bits per heavy atom. The van der Waals surface area contributed by atoms with Crippen molar-refractivity contribution in [1.82, 2.24) is 5.32 Å². The highest BCUT2D eigenvalue weighted by Crippen LogP contribution is 2.18. The largest absolute Gasteiger partial charge is 0.493 e. The van der Waals surface area contributed by atoms with Crippen molar-refractivity contribution in [3.8, 4) is 5.75 Å². The van der Waals surface area contributed by atoms with Crippen molar-refractivity contribution in [3.05, 3.63) is 60.2 Å². The second-order valence-corrected chi connectivity index (χ2v) is 6.53. The molecule has 0 radical (unpaired) electrons. The van der Waals surface area contributed by atoms with Crippen molar-refractivity contribution < 1.29 is 9.53 Å². The van der Waals surface area contributed by atoms with Gasteiger partial charge in [0, 0.05) is 11.8 Å². The van der Waals surface area contributed by atoms with E-state index in [1.165, 1.54) is 0 Å². The van der Waals surface area contributed by atoms with E-state index in [1.807, 2.05) is 54.6 Å². The third-order valence-electron chi connectivity index (χ3n) is 3.82. The topological polar surface area (TPSA) is 50.4 Å². The fourth-order valence-corrected chi connectivity index (χ4v) is 2.49. The first-order valence-electron chi connectivity index (χ1n) is 8.89. The van der Waals surface area contributed by atoms with Crippen molar-refractivity contribution >= 4 is 11.6 Å². The van der Waals surface area contributed by atoms with Crippen LogP contribution in [0, 0.1) is 5.92 Å². The molecule has 0 aromatic heterocycles. The number of anilines is 1. The van der Waals surface area contributed by atoms with Gasteiger partial charge in [-0.25, -0.2) is 0 Å². The fraction of sp³-hybridized carbons (Fsp3) is 0.381. The number of hydrogen-bond donors (Lipinski definition) is 2. The lowest BCUT2D eigenvalue weighted by Gasteiger charge is -2.18. The normalized spacial score (nSPS) is 11.8. The molecule has 1 amide bonds. The van der Waals surface area contributed by atoms with E-state index in [2.05, 4.69) is 31.4 Å². The second-order valence-electron chi connectivity index (χ2n) is 6.53. The van der Waals surface area contributed by atoms with Gasteiger partial charge in [-0.05, 0) is 30.0 Å². The van der Waals surface area contributed by atoms with Gasteiger partial charge in [0.15, 0.2) is 0 Å². The minimum Gasteiger partial charge on any atom is -0.493 e. The predicted octanol–water partition coefficient (Wildman–Crippen LogP) is 4.40. The lowest BCUT2D eigenvalue weighted by molar-refractivity contribution is -0.120. The molecule has 1 unspecified atom stereocenters. The minimum absolute atomic E-state index is 0.0239. The van der Waals surface area contributed by atoms with Crippen LogP contribution in [0.15, 0.2) is 54.6 Å². The third kappa shape index (κ3) is 6.49. The van der Waals surface area contributed by atoms with E-state index in [-0.39, 0.29) is 18.5 Å². The number of ether oxygens (including phenoxy) is 1. The van der Waals surface area contributed by atoms with Crippen molar-refractivity contribution in [2.45, 2.75) is 33.2 Å². The molecule has 2 rings (SSSR count). The SMILES string of the molecule is CCC(NC(=O)CNc1cccc(OCC(C)C)c1)c1ccccc1. The molecule has 25 heavy (non-hydrogen) atoms. The van der Waals surface area contributed by atoms with Gasteiger partial charge < -0.3 is 15.4 Å². The van der Waals surface area contributed by atoms with Gasteiger partial charge in [0.2, 0.25) is 5.91 Å². The summed E-state index contributed by atoms with van der Waals surface area (Å²) in [6.07, 6.45) is 0.855. The van der Waals surface area contributed by atoms with Crippen molar-refractivity contribution in [3.63, 3.8) is 0 Å². The van der Waals surface area contributed by atoms with E-state index < -0.39 is 0 Å². The summed E-state index contributed by atoms with van der Waals surface area (Å²) in [5, 5.41) is 6.24. The van der Waals surface area contributed by atoms with Gasteiger partial charge in [0.25, 0.3) is 0 Å². The Morgan fingerprint density at radius 2 is 1.84 bits per heavy atom. The standard InChI is InChI=1S/C21H28N2O2/c1-4-20(17-9-6-5-7-10-17)23-21(24)14-22-18-11-8-12-19(13-18)25-15-16(2)3/h5-13,16,20,22H,4,14-15H2,1-3H3,(H,23,24). The molecule has 2 aromatic rings. The molecule has 4 heteroatoms. The number of carbonyl (C=O) groups is 1. The lowest BCUT2D eigenvalue weighted by atomic mass is 10.0. The molecule has 0 aliphatic carbocycles. The first kappa shape index (κ1) is 18.8. The maximum atomic E-state index is 12.3. The van der Waals surface area contributed by atoms with E-state index in [1.54, 1.807) is 0 Å². The average Bonchev–Trinajstić information content (AvgIpc) is 2.64. The summed E-state index contributed by atoms with van der Waals surface area (Å²) in [4.78, 5) is 12.3. The van der Waals surface area contributed by atoms with Crippen LogP contribution in [-0.4, -0.2) is 19.1 Å². The highest BCUT2D eigenvalue weighted by atomic mass is 16.5. The van der Waals surface area contributed by atoms with Crippen LogP contribution in [0.3, 0.4) is 0 Å². The molecule has 0 heterocycles. The molecule has 0 saturated heterocycles. The number of amides is 1. The van der Waals surface area contributed by atoms with Gasteiger partial charge >= 0.3 is 0 Å². The maximum Gasteiger partial charge on any atom is 0.239 e. The quantitative estimate of drug-likeness (QED) is 0.711. The molecule has 0 bridgehead atoms. The van der Waals surface area contributed by atoms with Crippen LogP contribution in [0.4, 0.5) is 5.69 Å². The first-order valence-corrected chi connectivity index (χ1v) is 8.89. The molecule has 0 saturated carbocycles. The zero-order valence-electron chi connectivity index (χ0n) is 15.3. The average molecular weight is 340 g/mol. The smallest absolute Gasteiger partial charge is 0.239 e. The fourth-order valence-electron chi connectivity index (χ4n) is 2.49. The van der Waals surface area contributed by atoms with Gasteiger partial charge in [-0.3, -0.25) is 4.79 Å². The van der Waals surface area contributed by atoms with E-state index in [9.17, 15) is 4.79 Å². The Balaban J connectivity index is 1.86. The van der Waals surface area contributed by atoms with Crippen LogP contribution < -0.4 is 15.4 Å². The predicted molar refractivity (Wildman–Crippen MR) is 103 cm³/mol. The van der Waals surface area contributed by atoms with E-state index in [4.69, 9.17) is 4.74 Å². The summed E-state index contributed by atoms with van der Waals surface area (Å²) in [5.41, 5.74) is 2.01. The summed E-state index contributed by atoms with van der Waals surface area (Å²) in [7, 11) is 0. The Hall–Kier alpha value is -2.49. The number of carbonyl (C=O) groups excluding carboxylic acids is 1. The van der Waals surface area contributed by atoms with Crippen LogP contribution in [0.2, 0.25) is 0 Å². The Morgan fingerprint density at radius 3 is 2.52 bits per heavy atom. The molecule has 0 fully saturated rings. The summed E-state index contributed by atoms with van der Waals surface area (Å²) in [5.74, 6) is 1.27. The number of hydrogen-bond acceptors (Lipinski definition) is 3. The van der Waals surface area contributed by atoms with Crippen molar-refractivity contribution in [1.29, 1.82) is 0 Å². The monoisotopic (exact) mass is 340 g/mol. The molecule has 0 aliphatic rings. The highest BCUT2D eigenvalue weighted by Gasteiger charge is 2.12. The number of nitrogens with one attached hydrogen (secondary N) is 2. The van der Waals surface area contributed by atoms with E-state index in [0.717, 1.165) is 23.4 Å². The van der Waals surface area contributed by atoms with Gasteiger partial charge in [-0.1, -0.05) is 57.2 Å². The van der Waals surface area contributed by atoms with Crippen LogP contribution in [0.1, 0.15) is 38.8 Å². The first-order chi connectivity index (χ1) is 12.1. The molecule has 2 N–H and O–H groups in total. The molecule has 4 nitrogen and oxygen atoms in total. The molecule has 0 aliphatic heterocycles. The summed E-state index contributed by atoms with van der Waals surface area (Å²) >= 11 is 0. The summed E-state index contributed by atoms with van der Waals surface area (Å²) in [6.45, 7) is 7.21. The highest BCUT2D eigenvalue weighted by molar-refractivity contribution is 5.81. The summed E-state index contributed by atoms with van der Waals surface area (Å²) < 4.78 is 5.71. The summed E-state index contributed by atoms with van der Waals surface area (Å²) in [6, 6.07) is 17.8. The van der Waals surface area contributed by atoms with E-state index >= 15 is 0 Å². The molecular weight excluding hydrogens is 312 g/mol. The van der Waals surface area contributed by atoms with Gasteiger partial charge in [0.1, 0.15) is 5.75 Å². The van der Waals surface area contributed by atoms with Crippen LogP contribution in [0.5, 0.6) is 5.75 Å². The molecule has 0 spiro atoms. The Labute approximate surface area is 150 Å².